The molecular formula is C23H14F2N6O4. The number of nitrogens with one attached hydrogen (secondary N) is 1. The van der Waals surface area contributed by atoms with Gasteiger partial charge in [-0.15, -0.1) is 10.2 Å². The topological polar surface area (TPSA) is 129 Å². The van der Waals surface area contributed by atoms with Crippen molar-refractivity contribution in [2.24, 2.45) is 0 Å². The van der Waals surface area contributed by atoms with Crippen molar-refractivity contribution < 1.29 is 22.9 Å². The SMILES string of the molecule is Cc1nnc(-c2cccc(Oc3ccc(Nc4ncnc5cc(F)c([N+](=O)[O-])cc45)c(F)c3)c2)o1. The number of aryl methyl sites for hydroxylation is 1. The number of nitro groups is 1. The summed E-state index contributed by atoms with van der Waals surface area (Å²) in [6.07, 6.45) is 1.14. The molecule has 0 saturated carbocycles. The number of fused-ring (bicyclic) bond motifs is 1. The van der Waals surface area contributed by atoms with Gasteiger partial charge in [0.05, 0.1) is 21.5 Å². The number of ether oxygens (including phenoxy) is 1. The van der Waals surface area contributed by atoms with Crippen LogP contribution in [0.5, 0.6) is 11.5 Å². The zero-order valence-corrected chi connectivity index (χ0v) is 17.9. The molecule has 0 aliphatic carbocycles. The lowest BCUT2D eigenvalue weighted by Gasteiger charge is -2.11. The van der Waals surface area contributed by atoms with Crippen molar-refractivity contribution in [1.29, 1.82) is 0 Å². The Hall–Kier alpha value is -5.00. The molecule has 2 heterocycles. The number of aromatic nitrogens is 4. The summed E-state index contributed by atoms with van der Waals surface area (Å²) in [5.41, 5.74) is 0.0576. The van der Waals surface area contributed by atoms with Crippen LogP contribution in [0.2, 0.25) is 0 Å². The number of nitrogens with zero attached hydrogens (tertiary/aromatic N) is 5. The second-order valence-corrected chi connectivity index (χ2v) is 7.32. The van der Waals surface area contributed by atoms with Crippen LogP contribution in [-0.2, 0) is 0 Å². The lowest BCUT2D eigenvalue weighted by molar-refractivity contribution is -0.387. The highest BCUT2D eigenvalue weighted by Crippen LogP contribution is 2.32. The van der Waals surface area contributed by atoms with E-state index >= 15 is 0 Å². The van der Waals surface area contributed by atoms with Crippen LogP contribution in [0.15, 0.2) is 65.3 Å². The summed E-state index contributed by atoms with van der Waals surface area (Å²) in [5.74, 6) is -0.226. The highest BCUT2D eigenvalue weighted by molar-refractivity contribution is 5.92. The molecule has 0 fully saturated rings. The Balaban J connectivity index is 1.40. The van der Waals surface area contributed by atoms with Gasteiger partial charge in [-0.1, -0.05) is 6.07 Å². The Bertz CT molecular complexity index is 1590. The van der Waals surface area contributed by atoms with Crippen LogP contribution >= 0.6 is 0 Å². The quantitative estimate of drug-likeness (QED) is 0.242. The highest BCUT2D eigenvalue weighted by atomic mass is 19.1. The Morgan fingerprint density at radius 1 is 1.00 bits per heavy atom. The van der Waals surface area contributed by atoms with Crippen LogP contribution in [0, 0.1) is 28.7 Å². The molecule has 10 nitrogen and oxygen atoms in total. The van der Waals surface area contributed by atoms with E-state index in [2.05, 4.69) is 25.5 Å². The molecule has 12 heteroatoms. The molecular weight excluding hydrogens is 462 g/mol. The van der Waals surface area contributed by atoms with Crippen molar-refractivity contribution in [1.82, 2.24) is 20.2 Å². The number of rotatable bonds is 6. The molecule has 174 valence electrons. The van der Waals surface area contributed by atoms with Gasteiger partial charge in [0.25, 0.3) is 0 Å². The molecule has 0 saturated heterocycles. The van der Waals surface area contributed by atoms with Crippen LogP contribution in [0.1, 0.15) is 5.89 Å². The maximum atomic E-state index is 14.9. The predicted molar refractivity (Wildman–Crippen MR) is 120 cm³/mol. The molecule has 0 bridgehead atoms. The lowest BCUT2D eigenvalue weighted by atomic mass is 10.2. The third kappa shape index (κ3) is 4.44. The number of nitro benzene ring substituents is 1. The zero-order valence-electron chi connectivity index (χ0n) is 17.9. The Labute approximate surface area is 195 Å². The molecule has 2 aromatic heterocycles. The van der Waals surface area contributed by atoms with Crippen LogP contribution in [-0.4, -0.2) is 25.1 Å². The van der Waals surface area contributed by atoms with Gasteiger partial charge >= 0.3 is 5.69 Å². The average molecular weight is 476 g/mol. The maximum Gasteiger partial charge on any atom is 0.305 e. The third-order valence-corrected chi connectivity index (χ3v) is 4.94. The molecule has 0 atom stereocenters. The van der Waals surface area contributed by atoms with Crippen molar-refractivity contribution >= 4 is 28.1 Å². The summed E-state index contributed by atoms with van der Waals surface area (Å²) in [6, 6.07) is 12.9. The first-order valence-electron chi connectivity index (χ1n) is 10.1. The van der Waals surface area contributed by atoms with E-state index < -0.39 is 22.2 Å². The summed E-state index contributed by atoms with van der Waals surface area (Å²) < 4.78 is 40.0. The fourth-order valence-corrected chi connectivity index (χ4v) is 3.34. The van der Waals surface area contributed by atoms with Crippen LogP contribution < -0.4 is 10.1 Å². The van der Waals surface area contributed by atoms with Gasteiger partial charge in [0.15, 0.2) is 0 Å². The number of anilines is 2. The van der Waals surface area contributed by atoms with E-state index in [4.69, 9.17) is 9.15 Å². The first kappa shape index (κ1) is 21.8. The zero-order chi connectivity index (χ0) is 24.5. The summed E-state index contributed by atoms with van der Waals surface area (Å²) in [5, 5.41) is 21.8. The van der Waals surface area contributed by atoms with Gasteiger partial charge in [-0.3, -0.25) is 10.1 Å². The second kappa shape index (κ2) is 8.74. The van der Waals surface area contributed by atoms with Crippen molar-refractivity contribution in [3.63, 3.8) is 0 Å². The van der Waals surface area contributed by atoms with Crippen molar-refractivity contribution in [3.05, 3.63) is 88.6 Å². The molecule has 0 aliphatic rings. The summed E-state index contributed by atoms with van der Waals surface area (Å²) >= 11 is 0. The number of hydrogen-bond acceptors (Lipinski definition) is 9. The fraction of sp³-hybridized carbons (Fsp3) is 0.0435. The van der Waals surface area contributed by atoms with Crippen LogP contribution in [0.4, 0.5) is 26.0 Å². The Kier molecular flexibility index (Phi) is 5.45. The van der Waals surface area contributed by atoms with Gasteiger partial charge in [-0.05, 0) is 30.3 Å². The molecule has 0 spiro atoms. The van der Waals surface area contributed by atoms with Gasteiger partial charge in [0.1, 0.15) is 29.5 Å². The standard InChI is InChI=1S/C23H14F2N6O4/c1-12-29-30-23(34-12)13-3-2-4-14(7-13)35-15-5-6-19(17(24)8-15)28-22-16-9-21(31(32)33)18(25)10-20(16)26-11-27-22/h2-11H,1H3,(H,26,27,28). The second-order valence-electron chi connectivity index (χ2n) is 7.32. The minimum absolute atomic E-state index is 0.0272. The molecule has 1 N–H and O–H groups in total. The summed E-state index contributed by atoms with van der Waals surface area (Å²) in [6.45, 7) is 1.68. The molecule has 5 aromatic rings. The molecule has 3 aromatic carbocycles. The van der Waals surface area contributed by atoms with E-state index in [1.807, 2.05) is 0 Å². The first-order valence-corrected chi connectivity index (χ1v) is 10.1. The molecule has 5 rings (SSSR count). The summed E-state index contributed by atoms with van der Waals surface area (Å²) in [4.78, 5) is 18.2. The van der Waals surface area contributed by atoms with Crippen molar-refractivity contribution in [3.8, 4) is 23.0 Å². The molecule has 0 unspecified atom stereocenters. The van der Waals surface area contributed by atoms with Crippen molar-refractivity contribution in [2.45, 2.75) is 6.92 Å². The summed E-state index contributed by atoms with van der Waals surface area (Å²) in [7, 11) is 0. The van der Waals surface area contributed by atoms with Crippen LogP contribution in [0.25, 0.3) is 22.4 Å². The van der Waals surface area contributed by atoms with E-state index in [1.165, 1.54) is 12.1 Å². The Morgan fingerprint density at radius 2 is 1.83 bits per heavy atom. The van der Waals surface area contributed by atoms with Gasteiger partial charge < -0.3 is 14.5 Å². The maximum absolute atomic E-state index is 14.9. The molecule has 35 heavy (non-hydrogen) atoms. The van der Waals surface area contributed by atoms with E-state index in [9.17, 15) is 18.9 Å². The van der Waals surface area contributed by atoms with Crippen LogP contribution in [0.3, 0.4) is 0 Å². The van der Waals surface area contributed by atoms with E-state index in [-0.39, 0.29) is 28.2 Å². The average Bonchev–Trinajstić information content (AvgIpc) is 3.27. The lowest BCUT2D eigenvalue weighted by Crippen LogP contribution is -2.00. The number of benzene rings is 3. The minimum atomic E-state index is -1.03. The highest BCUT2D eigenvalue weighted by Gasteiger charge is 2.18. The number of halogens is 2. The molecule has 0 radical (unpaired) electrons. The number of hydrogen-bond donors (Lipinski definition) is 1. The van der Waals surface area contributed by atoms with Gasteiger partial charge in [0, 0.05) is 30.7 Å². The van der Waals surface area contributed by atoms with E-state index in [0.29, 0.717) is 23.1 Å². The first-order chi connectivity index (χ1) is 16.9. The van der Waals surface area contributed by atoms with Crippen molar-refractivity contribution in [2.75, 3.05) is 5.32 Å². The largest absolute Gasteiger partial charge is 0.457 e. The Morgan fingerprint density at radius 3 is 2.57 bits per heavy atom. The molecule has 0 aliphatic heterocycles. The molecule has 0 amide bonds. The predicted octanol–water partition coefficient (Wildman–Crippen LogP) is 5.71. The monoisotopic (exact) mass is 476 g/mol. The van der Waals surface area contributed by atoms with Gasteiger partial charge in [-0.2, -0.15) is 4.39 Å². The third-order valence-electron chi connectivity index (χ3n) is 4.94. The van der Waals surface area contributed by atoms with E-state index in [0.717, 1.165) is 24.5 Å². The minimum Gasteiger partial charge on any atom is -0.457 e. The van der Waals surface area contributed by atoms with Gasteiger partial charge in [-0.25, -0.2) is 14.4 Å². The van der Waals surface area contributed by atoms with Gasteiger partial charge in [0.2, 0.25) is 17.6 Å². The normalized spacial score (nSPS) is 10.9. The fourth-order valence-electron chi connectivity index (χ4n) is 3.34. The van der Waals surface area contributed by atoms with E-state index in [1.54, 1.807) is 31.2 Å². The smallest absolute Gasteiger partial charge is 0.305 e.